The van der Waals surface area contributed by atoms with E-state index >= 15 is 0 Å². The maximum absolute atomic E-state index is 7.37. The highest BCUT2D eigenvalue weighted by Crippen LogP contribution is 2.30. The van der Waals surface area contributed by atoms with Crippen molar-refractivity contribution in [1.29, 1.82) is 0 Å². The molecule has 1 aliphatic rings. The normalized spacial score (nSPS) is 24.0. The molecule has 1 saturated carbocycles. The van der Waals surface area contributed by atoms with Gasteiger partial charge in [-0.15, -0.1) is 0 Å². The number of methoxy groups -OCH3 is 1. The van der Waals surface area contributed by atoms with Crippen molar-refractivity contribution in [3.05, 3.63) is 71.8 Å². The van der Waals surface area contributed by atoms with E-state index in [4.69, 9.17) is 8.85 Å². The smallest absolute Gasteiger partial charge is 0.0727 e. The Morgan fingerprint density at radius 2 is 1.52 bits per heavy atom. The van der Waals surface area contributed by atoms with Crippen molar-refractivity contribution in [2.45, 2.75) is 38.1 Å². The second-order valence-electron chi connectivity index (χ2n) is 5.68. The summed E-state index contributed by atoms with van der Waals surface area (Å²) in [6.45, 7) is 1.59. The van der Waals surface area contributed by atoms with Crippen LogP contribution >= 0.6 is 0 Å². The third kappa shape index (κ3) is 3.52. The average Bonchev–Trinajstić information content (AvgIpc) is 2.53. The molecule has 0 spiro atoms. The van der Waals surface area contributed by atoms with Gasteiger partial charge in [-0.1, -0.05) is 60.7 Å². The summed E-state index contributed by atoms with van der Waals surface area (Å²) in [4.78, 5) is 2.34. The molecule has 1 fully saturated rings. The van der Waals surface area contributed by atoms with Gasteiger partial charge in [0, 0.05) is 26.2 Å². The minimum Gasteiger partial charge on any atom is -0.380 e. The first-order valence-electron chi connectivity index (χ1n) is 9.01. The highest BCUT2D eigenvalue weighted by atomic mass is 16.5. The summed E-state index contributed by atoms with van der Waals surface area (Å²) in [5.74, 6) is 0. The Balaban J connectivity index is 1.74. The van der Waals surface area contributed by atoms with Crippen molar-refractivity contribution in [2.75, 3.05) is 7.04 Å². The van der Waals surface area contributed by atoms with Crippen LogP contribution in [0.5, 0.6) is 0 Å². The molecular weight excluding hydrogens is 258 g/mol. The molecule has 0 unspecified atom stereocenters. The Bertz CT molecular complexity index is 589. The molecule has 0 aliphatic heterocycles. The molecule has 3 rings (SSSR count). The summed E-state index contributed by atoms with van der Waals surface area (Å²) in [6.07, 6.45) is 1.56. The van der Waals surface area contributed by atoms with Crippen LogP contribution in [0.4, 0.5) is 0 Å². The van der Waals surface area contributed by atoms with Crippen molar-refractivity contribution in [3.63, 3.8) is 0 Å². The lowest BCUT2D eigenvalue weighted by molar-refractivity contribution is -0.0551. The second-order valence-corrected chi connectivity index (χ2v) is 5.68. The molecule has 1 aliphatic carbocycles. The van der Waals surface area contributed by atoms with Crippen LogP contribution in [0.1, 0.15) is 28.1 Å². The zero-order valence-corrected chi connectivity index (χ0v) is 12.1. The van der Waals surface area contributed by atoms with Crippen LogP contribution in [0.3, 0.4) is 0 Å². The van der Waals surface area contributed by atoms with E-state index in [1.54, 1.807) is 0 Å². The number of hydrogen-bond donors (Lipinski definition) is 0. The lowest BCUT2D eigenvalue weighted by Crippen LogP contribution is -2.50. The monoisotopic (exact) mass is 284 g/mol. The van der Waals surface area contributed by atoms with Crippen molar-refractivity contribution in [1.82, 2.24) is 4.90 Å². The molecule has 0 aromatic heterocycles. The molecular formula is C19H23NO. The van der Waals surface area contributed by atoms with E-state index < -0.39 is 7.04 Å². The molecule has 0 heterocycles. The van der Waals surface area contributed by atoms with E-state index in [9.17, 15) is 0 Å². The molecule has 0 amide bonds. The summed E-state index contributed by atoms with van der Waals surface area (Å²) < 4.78 is 27.4. The van der Waals surface area contributed by atoms with E-state index in [0.717, 1.165) is 25.9 Å². The Kier molecular flexibility index (Phi) is 3.60. The van der Waals surface area contributed by atoms with E-state index in [2.05, 4.69) is 29.2 Å². The predicted molar refractivity (Wildman–Crippen MR) is 86.0 cm³/mol. The van der Waals surface area contributed by atoms with Gasteiger partial charge in [-0.25, -0.2) is 0 Å². The maximum Gasteiger partial charge on any atom is 0.0727 e. The first kappa shape index (κ1) is 11.0. The van der Waals surface area contributed by atoms with Gasteiger partial charge in [0.25, 0.3) is 0 Å². The zero-order chi connectivity index (χ0) is 17.0. The maximum atomic E-state index is 7.37. The lowest BCUT2D eigenvalue weighted by Gasteiger charge is -2.43. The summed E-state index contributed by atoms with van der Waals surface area (Å²) >= 11 is 0. The molecule has 110 valence electrons. The fourth-order valence-electron chi connectivity index (χ4n) is 2.93. The van der Waals surface area contributed by atoms with Gasteiger partial charge in [0.15, 0.2) is 0 Å². The number of hydrogen-bond acceptors (Lipinski definition) is 2. The molecule has 2 aromatic rings. The van der Waals surface area contributed by atoms with Gasteiger partial charge in [0.2, 0.25) is 0 Å². The molecule has 2 atom stereocenters. The van der Waals surface area contributed by atoms with Crippen molar-refractivity contribution in [3.8, 4) is 0 Å². The van der Waals surface area contributed by atoms with Crippen LogP contribution in [0, 0.1) is 0 Å². The van der Waals surface area contributed by atoms with Gasteiger partial charge < -0.3 is 4.74 Å². The Labute approximate surface area is 131 Å². The Hall–Kier alpha value is -1.64. The minimum absolute atomic E-state index is 0.144. The first-order valence-corrected chi connectivity index (χ1v) is 7.51. The van der Waals surface area contributed by atoms with Crippen molar-refractivity contribution in [2.24, 2.45) is 0 Å². The SMILES string of the molecule is [2H]C([2H])([2H])O[C@@H]1CC[C@H]1N(Cc1ccccc1)Cc1ccccc1. The van der Waals surface area contributed by atoms with Crippen LogP contribution in [-0.4, -0.2) is 24.1 Å². The number of rotatable bonds is 6. The van der Waals surface area contributed by atoms with Gasteiger partial charge in [-0.3, -0.25) is 4.90 Å². The van der Waals surface area contributed by atoms with Crippen molar-refractivity contribution >= 4 is 0 Å². The zero-order valence-electron chi connectivity index (χ0n) is 15.1. The molecule has 2 nitrogen and oxygen atoms in total. The van der Waals surface area contributed by atoms with E-state index in [1.165, 1.54) is 11.1 Å². The van der Waals surface area contributed by atoms with Gasteiger partial charge in [0.05, 0.1) is 10.2 Å². The molecule has 0 saturated heterocycles. The van der Waals surface area contributed by atoms with E-state index in [0.29, 0.717) is 0 Å². The Morgan fingerprint density at radius 1 is 0.952 bits per heavy atom. The van der Waals surface area contributed by atoms with Gasteiger partial charge in [-0.2, -0.15) is 0 Å². The molecule has 0 radical (unpaired) electrons. The molecule has 0 N–H and O–H groups in total. The highest BCUT2D eigenvalue weighted by molar-refractivity contribution is 5.18. The molecule has 2 aromatic carbocycles. The largest absolute Gasteiger partial charge is 0.380 e. The van der Waals surface area contributed by atoms with Crippen LogP contribution in [0.2, 0.25) is 0 Å². The fraction of sp³-hybridized carbons (Fsp3) is 0.368. The van der Waals surface area contributed by atoms with Crippen LogP contribution < -0.4 is 0 Å². The van der Waals surface area contributed by atoms with Crippen LogP contribution in [0.15, 0.2) is 60.7 Å². The van der Waals surface area contributed by atoms with Crippen molar-refractivity contribution < 1.29 is 8.85 Å². The minimum atomic E-state index is -2.32. The quantitative estimate of drug-likeness (QED) is 0.798. The number of nitrogens with zero attached hydrogens (tertiary/aromatic N) is 1. The fourth-order valence-corrected chi connectivity index (χ4v) is 2.93. The van der Waals surface area contributed by atoms with E-state index in [1.807, 2.05) is 36.4 Å². The number of ether oxygens (including phenoxy) is 1. The summed E-state index contributed by atoms with van der Waals surface area (Å²) in [6, 6.07) is 20.7. The topological polar surface area (TPSA) is 12.5 Å². The third-order valence-electron chi connectivity index (χ3n) is 4.25. The average molecular weight is 284 g/mol. The van der Waals surface area contributed by atoms with Gasteiger partial charge in [0.1, 0.15) is 0 Å². The number of benzene rings is 2. The lowest BCUT2D eigenvalue weighted by atomic mass is 9.87. The van der Waals surface area contributed by atoms with Gasteiger partial charge >= 0.3 is 0 Å². The summed E-state index contributed by atoms with van der Waals surface area (Å²) in [5.41, 5.74) is 2.46. The third-order valence-corrected chi connectivity index (χ3v) is 4.25. The van der Waals surface area contributed by atoms with E-state index in [-0.39, 0.29) is 12.1 Å². The molecule has 2 heteroatoms. The Morgan fingerprint density at radius 3 is 1.95 bits per heavy atom. The summed E-state index contributed by atoms with van der Waals surface area (Å²) in [5, 5.41) is 0. The standard InChI is InChI=1S/C19H23NO/c1-21-19-13-12-18(19)20(14-16-8-4-2-5-9-16)15-17-10-6-3-7-11-17/h2-11,18-19H,12-15H2,1H3/t18-,19-/m1/s1/i1D3. The second kappa shape index (κ2) is 6.88. The van der Waals surface area contributed by atoms with Crippen LogP contribution in [-0.2, 0) is 17.8 Å². The predicted octanol–water partition coefficient (Wildman–Crippen LogP) is 3.87. The summed E-state index contributed by atoms with van der Waals surface area (Å²) in [7, 11) is -2.32. The highest BCUT2D eigenvalue weighted by Gasteiger charge is 2.35. The van der Waals surface area contributed by atoms with Crippen LogP contribution in [0.25, 0.3) is 0 Å². The molecule has 0 bridgehead atoms. The van der Waals surface area contributed by atoms with Gasteiger partial charge in [-0.05, 0) is 24.0 Å². The molecule has 21 heavy (non-hydrogen) atoms. The first-order chi connectivity index (χ1) is 11.5.